The molecule has 0 aliphatic carbocycles. The third-order valence-electron chi connectivity index (χ3n) is 5.55. The van der Waals surface area contributed by atoms with Gasteiger partial charge in [-0.2, -0.15) is 0 Å². The summed E-state index contributed by atoms with van der Waals surface area (Å²) in [4.78, 5) is 24.0. The zero-order valence-corrected chi connectivity index (χ0v) is 19.1. The van der Waals surface area contributed by atoms with Crippen molar-refractivity contribution in [2.24, 2.45) is 5.92 Å². The maximum absolute atomic E-state index is 13.0. The van der Waals surface area contributed by atoms with Crippen LogP contribution in [0.4, 0.5) is 4.79 Å². The summed E-state index contributed by atoms with van der Waals surface area (Å²) in [7, 11) is 0. The Morgan fingerprint density at radius 2 is 1.81 bits per heavy atom. The summed E-state index contributed by atoms with van der Waals surface area (Å²) in [6.45, 7) is 7.78. The number of benzene rings is 2. The monoisotopic (exact) mass is 436 g/mol. The average molecular weight is 437 g/mol. The predicted octanol–water partition coefficient (Wildman–Crippen LogP) is 5.81. The van der Waals surface area contributed by atoms with E-state index in [4.69, 9.17) is 9.84 Å². The van der Waals surface area contributed by atoms with Crippen molar-refractivity contribution in [2.75, 3.05) is 0 Å². The molecule has 0 spiro atoms. The molecule has 6 heteroatoms. The van der Waals surface area contributed by atoms with E-state index in [0.717, 1.165) is 49.0 Å². The molecule has 1 heterocycles. The molecule has 0 saturated carbocycles. The van der Waals surface area contributed by atoms with E-state index in [9.17, 15) is 9.59 Å². The molecule has 2 aromatic carbocycles. The summed E-state index contributed by atoms with van der Waals surface area (Å²) in [5.74, 6) is 0.873. The maximum atomic E-state index is 13.0. The minimum atomic E-state index is -1.34. The van der Waals surface area contributed by atoms with Crippen LogP contribution in [0.15, 0.2) is 59.5 Å². The second-order valence-electron chi connectivity index (χ2n) is 8.53. The van der Waals surface area contributed by atoms with Gasteiger partial charge < -0.3 is 9.84 Å². The Morgan fingerprint density at radius 1 is 1.09 bits per heavy atom. The maximum Gasteiger partial charge on any atom is 0.511 e. The lowest BCUT2D eigenvalue weighted by molar-refractivity contribution is 0.144. The minimum Gasteiger partial charge on any atom is -0.449 e. The fraction of sp³-hybridized carbons (Fsp3) is 0.385. The van der Waals surface area contributed by atoms with E-state index in [1.165, 1.54) is 0 Å². The Balaban J connectivity index is 1.86. The quantitative estimate of drug-likeness (QED) is 0.321. The Morgan fingerprint density at radius 3 is 2.47 bits per heavy atom. The van der Waals surface area contributed by atoms with Crippen molar-refractivity contribution in [3.05, 3.63) is 76.5 Å². The van der Waals surface area contributed by atoms with Crippen molar-refractivity contribution >= 4 is 6.16 Å². The van der Waals surface area contributed by atoms with Gasteiger partial charge in [-0.3, -0.25) is 9.13 Å². The molecule has 1 N–H and O–H groups in total. The molecule has 0 aliphatic rings. The van der Waals surface area contributed by atoms with Gasteiger partial charge in [-0.1, -0.05) is 69.7 Å². The molecule has 0 amide bonds. The number of imidazole rings is 1. The van der Waals surface area contributed by atoms with Crippen LogP contribution >= 0.6 is 0 Å². The summed E-state index contributed by atoms with van der Waals surface area (Å²) in [5.41, 5.74) is 3.71. The van der Waals surface area contributed by atoms with Crippen LogP contribution in [-0.4, -0.2) is 20.4 Å². The third-order valence-corrected chi connectivity index (χ3v) is 5.55. The number of carboxylic acid groups (broad SMARTS) is 1. The molecule has 0 saturated heterocycles. The molecule has 3 aromatic rings. The molecule has 0 radical (unpaired) electrons. The normalized spacial score (nSPS) is 11.1. The van der Waals surface area contributed by atoms with Crippen molar-refractivity contribution in [2.45, 2.75) is 59.5 Å². The van der Waals surface area contributed by atoms with E-state index < -0.39 is 6.16 Å². The molecule has 6 nitrogen and oxygen atoms in total. The first kappa shape index (κ1) is 23.4. The van der Waals surface area contributed by atoms with Gasteiger partial charge in [-0.05, 0) is 42.4 Å². The molecular formula is C26H32N2O4. The smallest absolute Gasteiger partial charge is 0.449 e. The molecule has 3 rings (SSSR count). The number of aromatic nitrogens is 2. The lowest BCUT2D eigenvalue weighted by atomic mass is 10.0. The van der Waals surface area contributed by atoms with E-state index in [2.05, 4.69) is 20.8 Å². The highest BCUT2D eigenvalue weighted by atomic mass is 16.7. The fourth-order valence-electron chi connectivity index (χ4n) is 3.74. The molecule has 32 heavy (non-hydrogen) atoms. The number of ether oxygens (including phenoxy) is 1. The number of para-hydroxylation sites is 1. The number of hydrogen-bond donors (Lipinski definition) is 1. The highest BCUT2D eigenvalue weighted by molar-refractivity contribution is 5.74. The Hall–Kier alpha value is -3.28. The highest BCUT2D eigenvalue weighted by Gasteiger charge is 2.13. The second-order valence-corrected chi connectivity index (χ2v) is 8.53. The summed E-state index contributed by atoms with van der Waals surface area (Å²) in [6.07, 6.45) is 4.64. The van der Waals surface area contributed by atoms with Gasteiger partial charge in [0.05, 0.1) is 6.54 Å². The van der Waals surface area contributed by atoms with Crippen LogP contribution < -0.4 is 10.4 Å². The number of nitrogens with zero attached hydrogens (tertiary/aromatic N) is 2. The zero-order valence-electron chi connectivity index (χ0n) is 19.1. The van der Waals surface area contributed by atoms with Gasteiger partial charge in [0.25, 0.3) is 0 Å². The first-order valence-corrected chi connectivity index (χ1v) is 11.3. The van der Waals surface area contributed by atoms with E-state index in [-0.39, 0.29) is 5.69 Å². The van der Waals surface area contributed by atoms with E-state index in [1.54, 1.807) is 12.1 Å². The lowest BCUT2D eigenvalue weighted by Gasteiger charge is -2.11. The fourth-order valence-corrected chi connectivity index (χ4v) is 3.74. The standard InChI is InChI=1S/C26H32N2O4/c1-4-5-16-27-18-22(15-10-19(2)3)28(25(27)29)17-20-11-13-21(14-12-20)23-8-6-7-9-24(23)32-26(30)31/h6-9,11-14,18-19H,4-5,10,15-17H2,1-3H3,(H,30,31). The largest absolute Gasteiger partial charge is 0.511 e. The minimum absolute atomic E-state index is 0.0430. The van der Waals surface area contributed by atoms with Crippen LogP contribution in [0.3, 0.4) is 0 Å². The molecule has 0 unspecified atom stereocenters. The second kappa shape index (κ2) is 10.8. The van der Waals surface area contributed by atoms with Crippen LogP contribution in [-0.2, 0) is 19.5 Å². The molecule has 0 aliphatic heterocycles. The van der Waals surface area contributed by atoms with E-state index in [0.29, 0.717) is 23.8 Å². The van der Waals surface area contributed by atoms with Crippen molar-refractivity contribution in [3.63, 3.8) is 0 Å². The van der Waals surface area contributed by atoms with Crippen LogP contribution in [0.2, 0.25) is 0 Å². The number of unbranched alkanes of at least 4 members (excludes halogenated alkanes) is 1. The molecule has 1 aromatic heterocycles. The molecule has 0 fully saturated rings. The first-order valence-electron chi connectivity index (χ1n) is 11.3. The van der Waals surface area contributed by atoms with Crippen molar-refractivity contribution < 1.29 is 14.6 Å². The van der Waals surface area contributed by atoms with Gasteiger partial charge in [0, 0.05) is 24.0 Å². The third kappa shape index (κ3) is 5.90. The van der Waals surface area contributed by atoms with Crippen molar-refractivity contribution in [3.8, 4) is 16.9 Å². The van der Waals surface area contributed by atoms with Gasteiger partial charge in [0.1, 0.15) is 5.75 Å². The number of hydrogen-bond acceptors (Lipinski definition) is 3. The van der Waals surface area contributed by atoms with Gasteiger partial charge >= 0.3 is 11.8 Å². The SMILES string of the molecule is CCCCn1cc(CCC(C)C)n(Cc2ccc(-c3ccccc3OC(=O)O)cc2)c1=O. The summed E-state index contributed by atoms with van der Waals surface area (Å²) in [5, 5.41) is 8.98. The van der Waals surface area contributed by atoms with Crippen LogP contribution in [0.5, 0.6) is 5.75 Å². The highest BCUT2D eigenvalue weighted by Crippen LogP contribution is 2.30. The van der Waals surface area contributed by atoms with Crippen molar-refractivity contribution in [1.29, 1.82) is 0 Å². The molecule has 0 atom stereocenters. The Kier molecular flexibility index (Phi) is 7.92. The summed E-state index contributed by atoms with van der Waals surface area (Å²) >= 11 is 0. The van der Waals surface area contributed by atoms with Crippen LogP contribution in [0.1, 0.15) is 51.3 Å². The number of aryl methyl sites for hydroxylation is 2. The van der Waals surface area contributed by atoms with Gasteiger partial charge in [-0.15, -0.1) is 0 Å². The number of rotatable bonds is 10. The van der Waals surface area contributed by atoms with Crippen LogP contribution in [0, 0.1) is 5.92 Å². The van der Waals surface area contributed by atoms with Crippen molar-refractivity contribution in [1.82, 2.24) is 9.13 Å². The summed E-state index contributed by atoms with van der Waals surface area (Å²) in [6, 6.07) is 14.9. The average Bonchev–Trinajstić information content (AvgIpc) is 3.06. The first-order chi connectivity index (χ1) is 15.4. The van der Waals surface area contributed by atoms with E-state index >= 15 is 0 Å². The Bertz CT molecular complexity index is 1090. The van der Waals surface area contributed by atoms with Gasteiger partial charge in [0.15, 0.2) is 0 Å². The molecule has 0 bridgehead atoms. The van der Waals surface area contributed by atoms with Crippen LogP contribution in [0.25, 0.3) is 11.1 Å². The topological polar surface area (TPSA) is 73.5 Å². The lowest BCUT2D eigenvalue weighted by Crippen LogP contribution is -2.25. The predicted molar refractivity (Wildman–Crippen MR) is 126 cm³/mol. The van der Waals surface area contributed by atoms with Gasteiger partial charge in [0.2, 0.25) is 0 Å². The molecular weight excluding hydrogens is 404 g/mol. The number of carbonyl (C=O) groups is 1. The molecule has 170 valence electrons. The zero-order chi connectivity index (χ0) is 23.1. The summed E-state index contributed by atoms with van der Waals surface area (Å²) < 4.78 is 8.63. The Labute approximate surface area is 189 Å². The van der Waals surface area contributed by atoms with E-state index in [1.807, 2.05) is 51.7 Å². The van der Waals surface area contributed by atoms with Gasteiger partial charge in [-0.25, -0.2) is 9.59 Å².